The summed E-state index contributed by atoms with van der Waals surface area (Å²) in [6.07, 6.45) is 3.50. The Bertz CT molecular complexity index is 302. The van der Waals surface area contributed by atoms with Gasteiger partial charge in [0.05, 0.1) is 13.2 Å². The van der Waals surface area contributed by atoms with Crippen LogP contribution in [0.15, 0.2) is 30.3 Å². The second-order valence-electron chi connectivity index (χ2n) is 4.61. The van der Waals surface area contributed by atoms with Gasteiger partial charge in [-0.15, -0.1) is 0 Å². The topological polar surface area (TPSA) is 18.5 Å². The van der Waals surface area contributed by atoms with Crippen LogP contribution in [0, 0.1) is 5.41 Å². The molecule has 0 amide bonds. The molecule has 88 valence electrons. The third-order valence-electron chi connectivity index (χ3n) is 3.44. The van der Waals surface area contributed by atoms with Gasteiger partial charge in [-0.25, -0.2) is 0 Å². The van der Waals surface area contributed by atoms with Crippen LogP contribution in [0.25, 0.3) is 0 Å². The molecule has 16 heavy (non-hydrogen) atoms. The zero-order chi connectivity index (χ0) is 11.3. The predicted molar refractivity (Wildman–Crippen MR) is 64.7 cm³/mol. The number of rotatable bonds is 4. The number of para-hydroxylation sites is 1. The van der Waals surface area contributed by atoms with Crippen LogP contribution in [0.2, 0.25) is 0 Å². The standard InChI is InChI=1S/C14H20O2/c1-2-14(9-6-10-15-11-14)12-16-13-7-4-3-5-8-13/h3-5,7-8H,2,6,9-12H2,1H3. The molecule has 0 aromatic heterocycles. The summed E-state index contributed by atoms with van der Waals surface area (Å²) in [6.45, 7) is 4.75. The molecule has 1 aliphatic heterocycles. The van der Waals surface area contributed by atoms with E-state index < -0.39 is 0 Å². The van der Waals surface area contributed by atoms with Gasteiger partial charge in [0, 0.05) is 12.0 Å². The molecule has 1 heterocycles. The number of ether oxygens (including phenoxy) is 2. The van der Waals surface area contributed by atoms with E-state index in [9.17, 15) is 0 Å². The minimum absolute atomic E-state index is 0.230. The smallest absolute Gasteiger partial charge is 0.119 e. The van der Waals surface area contributed by atoms with Crippen LogP contribution >= 0.6 is 0 Å². The summed E-state index contributed by atoms with van der Waals surface area (Å²) in [6, 6.07) is 10.0. The molecule has 0 spiro atoms. The molecule has 0 saturated carbocycles. The van der Waals surface area contributed by atoms with Gasteiger partial charge in [0.1, 0.15) is 5.75 Å². The van der Waals surface area contributed by atoms with Crippen molar-refractivity contribution in [2.75, 3.05) is 19.8 Å². The van der Waals surface area contributed by atoms with Gasteiger partial charge in [0.2, 0.25) is 0 Å². The molecule has 0 radical (unpaired) electrons. The Morgan fingerprint density at radius 1 is 1.31 bits per heavy atom. The average Bonchev–Trinajstić information content (AvgIpc) is 2.39. The van der Waals surface area contributed by atoms with Gasteiger partial charge in [-0.1, -0.05) is 25.1 Å². The van der Waals surface area contributed by atoms with Crippen LogP contribution in [0.1, 0.15) is 26.2 Å². The normalized spacial score (nSPS) is 25.3. The molecule has 1 fully saturated rings. The van der Waals surface area contributed by atoms with Crippen molar-refractivity contribution in [3.05, 3.63) is 30.3 Å². The van der Waals surface area contributed by atoms with Gasteiger partial charge in [-0.3, -0.25) is 0 Å². The summed E-state index contributed by atoms with van der Waals surface area (Å²) < 4.78 is 11.4. The molecule has 1 saturated heterocycles. The fourth-order valence-electron chi connectivity index (χ4n) is 2.16. The first-order valence-electron chi connectivity index (χ1n) is 6.10. The van der Waals surface area contributed by atoms with Crippen molar-refractivity contribution < 1.29 is 9.47 Å². The molecular weight excluding hydrogens is 200 g/mol. The fourth-order valence-corrected chi connectivity index (χ4v) is 2.16. The van der Waals surface area contributed by atoms with E-state index in [4.69, 9.17) is 9.47 Å². The predicted octanol–water partition coefficient (Wildman–Crippen LogP) is 3.27. The fraction of sp³-hybridized carbons (Fsp3) is 0.571. The van der Waals surface area contributed by atoms with E-state index in [1.165, 1.54) is 6.42 Å². The van der Waals surface area contributed by atoms with Crippen molar-refractivity contribution in [2.45, 2.75) is 26.2 Å². The Kier molecular flexibility index (Phi) is 3.83. The Labute approximate surface area is 97.6 Å². The molecule has 1 aliphatic rings. The van der Waals surface area contributed by atoms with Crippen molar-refractivity contribution in [3.63, 3.8) is 0 Å². The highest BCUT2D eigenvalue weighted by Gasteiger charge is 2.31. The maximum atomic E-state index is 5.86. The minimum atomic E-state index is 0.230. The highest BCUT2D eigenvalue weighted by Crippen LogP contribution is 2.32. The van der Waals surface area contributed by atoms with E-state index in [1.54, 1.807) is 0 Å². The average molecular weight is 220 g/mol. The monoisotopic (exact) mass is 220 g/mol. The lowest BCUT2D eigenvalue weighted by Gasteiger charge is -2.35. The second-order valence-corrected chi connectivity index (χ2v) is 4.61. The van der Waals surface area contributed by atoms with Gasteiger partial charge in [-0.05, 0) is 31.4 Å². The van der Waals surface area contributed by atoms with Crippen LogP contribution in [-0.4, -0.2) is 19.8 Å². The zero-order valence-electron chi connectivity index (χ0n) is 9.95. The minimum Gasteiger partial charge on any atom is -0.493 e. The van der Waals surface area contributed by atoms with Gasteiger partial charge >= 0.3 is 0 Å². The Hall–Kier alpha value is -1.02. The Morgan fingerprint density at radius 2 is 2.12 bits per heavy atom. The zero-order valence-corrected chi connectivity index (χ0v) is 9.95. The quantitative estimate of drug-likeness (QED) is 0.775. The van der Waals surface area contributed by atoms with Crippen molar-refractivity contribution >= 4 is 0 Å². The molecule has 2 rings (SSSR count). The highest BCUT2D eigenvalue weighted by atomic mass is 16.5. The molecule has 0 bridgehead atoms. The molecule has 2 nitrogen and oxygen atoms in total. The lowest BCUT2D eigenvalue weighted by Crippen LogP contribution is -2.36. The molecule has 1 atom stereocenters. The van der Waals surface area contributed by atoms with E-state index >= 15 is 0 Å². The molecule has 1 aromatic carbocycles. The summed E-state index contributed by atoms with van der Waals surface area (Å²) in [5, 5.41) is 0. The molecule has 1 aromatic rings. The number of benzene rings is 1. The maximum Gasteiger partial charge on any atom is 0.119 e. The van der Waals surface area contributed by atoms with Crippen molar-refractivity contribution in [1.29, 1.82) is 0 Å². The first-order chi connectivity index (χ1) is 7.85. The van der Waals surface area contributed by atoms with Crippen LogP contribution in [0.3, 0.4) is 0 Å². The molecule has 1 unspecified atom stereocenters. The first-order valence-corrected chi connectivity index (χ1v) is 6.10. The van der Waals surface area contributed by atoms with Gasteiger partial charge in [-0.2, -0.15) is 0 Å². The van der Waals surface area contributed by atoms with Crippen LogP contribution in [0.4, 0.5) is 0 Å². The first kappa shape index (κ1) is 11.5. The van der Waals surface area contributed by atoms with Crippen molar-refractivity contribution in [2.24, 2.45) is 5.41 Å². The van der Waals surface area contributed by atoms with E-state index in [0.717, 1.165) is 38.4 Å². The summed E-state index contributed by atoms with van der Waals surface area (Å²) in [5.74, 6) is 0.959. The summed E-state index contributed by atoms with van der Waals surface area (Å²) >= 11 is 0. The lowest BCUT2D eigenvalue weighted by molar-refractivity contribution is -0.0344. The van der Waals surface area contributed by atoms with Gasteiger partial charge in [0.25, 0.3) is 0 Å². The maximum absolute atomic E-state index is 5.86. The van der Waals surface area contributed by atoms with E-state index in [-0.39, 0.29) is 5.41 Å². The van der Waals surface area contributed by atoms with Gasteiger partial charge < -0.3 is 9.47 Å². The molecule has 0 aliphatic carbocycles. The highest BCUT2D eigenvalue weighted by molar-refractivity contribution is 5.21. The summed E-state index contributed by atoms with van der Waals surface area (Å²) in [7, 11) is 0. The molecular formula is C14H20O2. The largest absolute Gasteiger partial charge is 0.493 e. The van der Waals surface area contributed by atoms with E-state index in [1.807, 2.05) is 30.3 Å². The van der Waals surface area contributed by atoms with Crippen molar-refractivity contribution in [1.82, 2.24) is 0 Å². The third-order valence-corrected chi connectivity index (χ3v) is 3.44. The van der Waals surface area contributed by atoms with Crippen LogP contribution in [0.5, 0.6) is 5.75 Å². The van der Waals surface area contributed by atoms with Crippen LogP contribution in [-0.2, 0) is 4.74 Å². The number of hydrogen-bond donors (Lipinski definition) is 0. The molecule has 0 N–H and O–H groups in total. The van der Waals surface area contributed by atoms with Crippen LogP contribution < -0.4 is 4.74 Å². The summed E-state index contributed by atoms with van der Waals surface area (Å²) in [4.78, 5) is 0. The van der Waals surface area contributed by atoms with E-state index in [0.29, 0.717) is 0 Å². The second kappa shape index (κ2) is 5.35. The molecule has 2 heteroatoms. The van der Waals surface area contributed by atoms with Crippen molar-refractivity contribution in [3.8, 4) is 5.75 Å². The summed E-state index contributed by atoms with van der Waals surface area (Å²) in [5.41, 5.74) is 0.230. The van der Waals surface area contributed by atoms with Gasteiger partial charge in [0.15, 0.2) is 0 Å². The Morgan fingerprint density at radius 3 is 2.75 bits per heavy atom. The lowest BCUT2D eigenvalue weighted by atomic mass is 9.81. The van der Waals surface area contributed by atoms with E-state index in [2.05, 4.69) is 6.92 Å². The SMILES string of the molecule is CCC1(COc2ccccc2)CCCOC1. The third kappa shape index (κ3) is 2.76. The number of hydrogen-bond acceptors (Lipinski definition) is 2. The Balaban J connectivity index is 1.92.